The van der Waals surface area contributed by atoms with Crippen LogP contribution in [0.25, 0.3) is 0 Å². The average molecular weight is 366 g/mol. The fourth-order valence-electron chi connectivity index (χ4n) is 1.85. The summed E-state index contributed by atoms with van der Waals surface area (Å²) in [6, 6.07) is 7.60. The van der Waals surface area contributed by atoms with Crippen molar-refractivity contribution in [2.75, 3.05) is 18.5 Å². The van der Waals surface area contributed by atoms with Crippen LogP contribution in [0.1, 0.15) is 10.4 Å². The molecule has 2 aromatic carbocycles. The zero-order valence-corrected chi connectivity index (χ0v) is 13.2. The predicted molar refractivity (Wildman–Crippen MR) is 84.7 cm³/mol. The third-order valence-corrected chi connectivity index (χ3v) is 3.05. The third kappa shape index (κ3) is 5.62. The highest BCUT2D eigenvalue weighted by Gasteiger charge is 2.12. The second kappa shape index (κ2) is 8.65. The smallest absolute Gasteiger partial charge is 0.325 e. The first-order valence-electron chi connectivity index (χ1n) is 7.29. The number of ether oxygens (including phenoxy) is 1. The summed E-state index contributed by atoms with van der Waals surface area (Å²) in [5, 5.41) is 4.42. The van der Waals surface area contributed by atoms with Crippen LogP contribution in [-0.4, -0.2) is 30.9 Å². The Hall–Kier alpha value is -3.36. The maximum atomic E-state index is 13.0. The van der Waals surface area contributed by atoms with Crippen molar-refractivity contribution in [1.29, 1.82) is 0 Å². The van der Waals surface area contributed by atoms with Crippen molar-refractivity contribution in [2.45, 2.75) is 0 Å². The number of benzene rings is 2. The van der Waals surface area contributed by atoms with E-state index in [1.54, 1.807) is 0 Å². The molecule has 0 bridgehead atoms. The number of halogens is 3. The van der Waals surface area contributed by atoms with Crippen molar-refractivity contribution in [3.05, 3.63) is 65.5 Å². The van der Waals surface area contributed by atoms with Crippen LogP contribution >= 0.6 is 0 Å². The number of esters is 1. The number of nitrogens with one attached hydrogen (secondary N) is 2. The number of rotatable bonds is 6. The topological polar surface area (TPSA) is 84.5 Å². The van der Waals surface area contributed by atoms with Crippen LogP contribution in [0, 0.1) is 17.5 Å². The second-order valence-corrected chi connectivity index (χ2v) is 5.03. The predicted octanol–water partition coefficient (Wildman–Crippen LogP) is 2.02. The van der Waals surface area contributed by atoms with E-state index in [1.165, 1.54) is 12.1 Å². The second-order valence-electron chi connectivity index (χ2n) is 5.03. The minimum atomic E-state index is -1.14. The average Bonchev–Trinajstić information content (AvgIpc) is 2.61. The molecular weight excluding hydrogens is 353 g/mol. The molecule has 0 radical (unpaired) electrons. The van der Waals surface area contributed by atoms with Crippen molar-refractivity contribution in [3.8, 4) is 0 Å². The molecule has 0 aliphatic rings. The highest BCUT2D eigenvalue weighted by molar-refractivity contribution is 5.96. The Morgan fingerprint density at radius 3 is 2.42 bits per heavy atom. The number of amides is 2. The Bertz CT molecular complexity index is 843. The van der Waals surface area contributed by atoms with E-state index in [0.29, 0.717) is 0 Å². The number of carbonyl (C=O) groups is 3. The lowest BCUT2D eigenvalue weighted by molar-refractivity contribution is -0.146. The molecule has 0 aliphatic heterocycles. The normalized spacial score (nSPS) is 10.1. The van der Waals surface area contributed by atoms with E-state index in [4.69, 9.17) is 0 Å². The standard InChI is InChI=1S/C17H13F3N2O4/c18-11-3-1-2-10(6-11)17(25)21-8-16(24)26-9-15(23)22-12-4-5-13(19)14(20)7-12/h1-7H,8-9H2,(H,21,25)(H,22,23). The van der Waals surface area contributed by atoms with Gasteiger partial charge in [-0.05, 0) is 30.3 Å². The van der Waals surface area contributed by atoms with E-state index >= 15 is 0 Å². The van der Waals surface area contributed by atoms with Crippen LogP contribution in [0.2, 0.25) is 0 Å². The van der Waals surface area contributed by atoms with Crippen LogP contribution < -0.4 is 10.6 Å². The Labute approximate surface area is 146 Å². The van der Waals surface area contributed by atoms with Crippen LogP contribution in [0.4, 0.5) is 18.9 Å². The maximum Gasteiger partial charge on any atom is 0.325 e. The Balaban J connectivity index is 1.74. The molecule has 0 saturated carbocycles. The van der Waals surface area contributed by atoms with Gasteiger partial charge in [-0.15, -0.1) is 0 Å². The summed E-state index contributed by atoms with van der Waals surface area (Å²) in [7, 11) is 0. The summed E-state index contributed by atoms with van der Waals surface area (Å²) in [6.07, 6.45) is 0. The first-order valence-corrected chi connectivity index (χ1v) is 7.29. The first kappa shape index (κ1) is 19.0. The molecule has 2 aromatic rings. The van der Waals surface area contributed by atoms with E-state index < -0.39 is 48.4 Å². The number of hydrogen-bond acceptors (Lipinski definition) is 4. The summed E-state index contributed by atoms with van der Waals surface area (Å²) in [6.45, 7) is -1.22. The number of anilines is 1. The molecule has 0 spiro atoms. The van der Waals surface area contributed by atoms with Gasteiger partial charge in [0.25, 0.3) is 11.8 Å². The molecule has 0 heterocycles. The fraction of sp³-hybridized carbons (Fsp3) is 0.118. The van der Waals surface area contributed by atoms with Gasteiger partial charge in [-0.3, -0.25) is 14.4 Å². The van der Waals surface area contributed by atoms with Crippen molar-refractivity contribution in [1.82, 2.24) is 5.32 Å². The van der Waals surface area contributed by atoms with Gasteiger partial charge in [0.2, 0.25) is 0 Å². The molecule has 0 unspecified atom stereocenters. The Morgan fingerprint density at radius 2 is 1.73 bits per heavy atom. The lowest BCUT2D eigenvalue weighted by Crippen LogP contribution is -2.32. The fourth-order valence-corrected chi connectivity index (χ4v) is 1.85. The van der Waals surface area contributed by atoms with Crippen molar-refractivity contribution < 1.29 is 32.3 Å². The van der Waals surface area contributed by atoms with E-state index in [1.807, 2.05) is 0 Å². The Kier molecular flexibility index (Phi) is 6.31. The highest BCUT2D eigenvalue weighted by atomic mass is 19.2. The van der Waals surface area contributed by atoms with Gasteiger partial charge in [-0.1, -0.05) is 6.07 Å². The quantitative estimate of drug-likeness (QED) is 0.766. The minimum absolute atomic E-state index is 0.00986. The molecule has 0 saturated heterocycles. The van der Waals surface area contributed by atoms with E-state index in [0.717, 1.165) is 30.3 Å². The van der Waals surface area contributed by atoms with Crippen LogP contribution in [0.5, 0.6) is 0 Å². The van der Waals surface area contributed by atoms with E-state index in [2.05, 4.69) is 15.4 Å². The van der Waals surface area contributed by atoms with Gasteiger partial charge in [0.1, 0.15) is 12.4 Å². The van der Waals surface area contributed by atoms with Gasteiger partial charge < -0.3 is 15.4 Å². The van der Waals surface area contributed by atoms with Gasteiger partial charge in [-0.25, -0.2) is 13.2 Å². The van der Waals surface area contributed by atoms with Crippen LogP contribution in [0.3, 0.4) is 0 Å². The Morgan fingerprint density at radius 1 is 0.962 bits per heavy atom. The van der Waals surface area contributed by atoms with Gasteiger partial charge in [0.15, 0.2) is 18.2 Å². The van der Waals surface area contributed by atoms with Gasteiger partial charge in [0.05, 0.1) is 0 Å². The molecular formula is C17H13F3N2O4. The first-order chi connectivity index (χ1) is 12.3. The zero-order chi connectivity index (χ0) is 19.1. The summed E-state index contributed by atoms with van der Waals surface area (Å²) >= 11 is 0. The van der Waals surface area contributed by atoms with Gasteiger partial charge in [-0.2, -0.15) is 0 Å². The monoisotopic (exact) mass is 366 g/mol. The molecule has 0 aliphatic carbocycles. The molecule has 2 amide bonds. The van der Waals surface area contributed by atoms with Gasteiger partial charge in [0, 0.05) is 17.3 Å². The molecule has 0 atom stereocenters. The van der Waals surface area contributed by atoms with Crippen LogP contribution in [-0.2, 0) is 14.3 Å². The molecule has 136 valence electrons. The minimum Gasteiger partial charge on any atom is -0.454 e. The lowest BCUT2D eigenvalue weighted by Gasteiger charge is -2.08. The van der Waals surface area contributed by atoms with Crippen molar-refractivity contribution in [2.24, 2.45) is 0 Å². The summed E-state index contributed by atoms with van der Waals surface area (Å²) in [4.78, 5) is 34.8. The molecule has 2 N–H and O–H groups in total. The number of hydrogen-bond donors (Lipinski definition) is 2. The zero-order valence-electron chi connectivity index (χ0n) is 13.2. The largest absolute Gasteiger partial charge is 0.454 e. The molecule has 0 fully saturated rings. The molecule has 0 aromatic heterocycles. The third-order valence-electron chi connectivity index (χ3n) is 3.05. The number of carbonyl (C=O) groups excluding carboxylic acids is 3. The maximum absolute atomic E-state index is 13.0. The molecule has 26 heavy (non-hydrogen) atoms. The van der Waals surface area contributed by atoms with E-state index in [9.17, 15) is 27.6 Å². The van der Waals surface area contributed by atoms with Crippen LogP contribution in [0.15, 0.2) is 42.5 Å². The summed E-state index contributed by atoms with van der Waals surface area (Å²) < 4.78 is 43.4. The summed E-state index contributed by atoms with van der Waals surface area (Å²) in [5.74, 6) is -5.18. The molecule has 6 nitrogen and oxygen atoms in total. The SMILES string of the molecule is O=C(COC(=O)CNC(=O)c1cccc(F)c1)Nc1ccc(F)c(F)c1. The summed E-state index contributed by atoms with van der Waals surface area (Å²) in [5.41, 5.74) is 0.0123. The van der Waals surface area contributed by atoms with Gasteiger partial charge >= 0.3 is 5.97 Å². The van der Waals surface area contributed by atoms with Crippen molar-refractivity contribution >= 4 is 23.5 Å². The van der Waals surface area contributed by atoms with E-state index in [-0.39, 0.29) is 11.3 Å². The lowest BCUT2D eigenvalue weighted by atomic mass is 10.2. The highest BCUT2D eigenvalue weighted by Crippen LogP contribution is 2.12. The van der Waals surface area contributed by atoms with Crippen molar-refractivity contribution in [3.63, 3.8) is 0 Å². The molecule has 9 heteroatoms. The molecule has 2 rings (SSSR count).